The van der Waals surface area contributed by atoms with Gasteiger partial charge in [0, 0.05) is 64.1 Å². The predicted molar refractivity (Wildman–Crippen MR) is 77.9 cm³/mol. The quantitative estimate of drug-likeness (QED) is 0.851. The van der Waals surface area contributed by atoms with Crippen LogP contribution >= 0.6 is 0 Å². The molecule has 0 spiro atoms. The van der Waals surface area contributed by atoms with Crippen molar-refractivity contribution in [2.75, 3.05) is 39.3 Å². The van der Waals surface area contributed by atoms with Crippen LogP contribution in [0.1, 0.15) is 25.5 Å². The molecule has 1 aromatic heterocycles. The molecule has 1 aliphatic heterocycles. The highest BCUT2D eigenvalue weighted by Crippen LogP contribution is 2.12. The molecule has 0 aromatic carbocycles. The van der Waals surface area contributed by atoms with Crippen LogP contribution < -0.4 is 5.73 Å². The van der Waals surface area contributed by atoms with E-state index in [4.69, 9.17) is 5.73 Å². The summed E-state index contributed by atoms with van der Waals surface area (Å²) in [5.74, 6) is 0.754. The molecule has 2 N–H and O–H groups in total. The van der Waals surface area contributed by atoms with Gasteiger partial charge in [0.05, 0.1) is 6.20 Å². The van der Waals surface area contributed by atoms with E-state index in [1.165, 1.54) is 6.54 Å². The summed E-state index contributed by atoms with van der Waals surface area (Å²) >= 11 is 0. The molecule has 2 rings (SSSR count). The molecule has 0 aliphatic carbocycles. The van der Waals surface area contributed by atoms with Gasteiger partial charge in [0.15, 0.2) is 0 Å². The fraction of sp³-hybridized carbons (Fsp3) is 0.786. The van der Waals surface area contributed by atoms with Crippen molar-refractivity contribution in [2.24, 2.45) is 18.7 Å². The van der Waals surface area contributed by atoms with E-state index < -0.39 is 0 Å². The molecule has 1 saturated heterocycles. The van der Waals surface area contributed by atoms with Crippen LogP contribution in [0.5, 0.6) is 0 Å². The Kier molecular flexibility index (Phi) is 4.96. The van der Waals surface area contributed by atoms with E-state index in [2.05, 4.69) is 28.7 Å². The van der Waals surface area contributed by atoms with Crippen molar-refractivity contribution in [3.05, 3.63) is 18.0 Å². The van der Waals surface area contributed by atoms with Crippen LogP contribution in [0.3, 0.4) is 0 Å². The lowest BCUT2D eigenvalue weighted by Crippen LogP contribution is -2.49. The van der Waals surface area contributed by atoms with Gasteiger partial charge in [-0.2, -0.15) is 5.10 Å². The van der Waals surface area contributed by atoms with Gasteiger partial charge in [0.1, 0.15) is 0 Å². The third-order valence-electron chi connectivity index (χ3n) is 3.70. The summed E-state index contributed by atoms with van der Waals surface area (Å²) in [5.41, 5.74) is 7.38. The topological polar surface area (TPSA) is 50.3 Å². The Bertz CT molecular complexity index is 379. The van der Waals surface area contributed by atoms with Crippen LogP contribution in [-0.2, 0) is 7.05 Å². The Morgan fingerprint density at radius 1 is 1.16 bits per heavy atom. The molecule has 108 valence electrons. The molecule has 1 atom stereocenters. The minimum Gasteiger partial charge on any atom is -0.323 e. The van der Waals surface area contributed by atoms with Gasteiger partial charge in [-0.1, -0.05) is 13.8 Å². The first kappa shape index (κ1) is 14.5. The number of aromatic nitrogens is 2. The molecule has 0 bridgehead atoms. The van der Waals surface area contributed by atoms with Crippen molar-refractivity contribution in [3.63, 3.8) is 0 Å². The van der Waals surface area contributed by atoms with E-state index in [0.29, 0.717) is 0 Å². The Hall–Kier alpha value is -0.910. The van der Waals surface area contributed by atoms with E-state index in [1.54, 1.807) is 0 Å². The molecule has 1 aromatic rings. The van der Waals surface area contributed by atoms with E-state index in [1.807, 2.05) is 24.1 Å². The molecule has 0 saturated carbocycles. The summed E-state index contributed by atoms with van der Waals surface area (Å²) in [6.07, 6.45) is 3.89. The number of aryl methyl sites for hydroxylation is 1. The monoisotopic (exact) mass is 265 g/mol. The molecule has 2 heterocycles. The van der Waals surface area contributed by atoms with E-state index in [0.717, 1.165) is 44.2 Å². The number of nitrogens with two attached hydrogens (primary N) is 1. The third-order valence-corrected chi connectivity index (χ3v) is 3.70. The molecule has 19 heavy (non-hydrogen) atoms. The summed E-state index contributed by atoms with van der Waals surface area (Å²) < 4.78 is 1.82. The maximum Gasteiger partial charge on any atom is 0.0537 e. The second kappa shape index (κ2) is 6.50. The van der Waals surface area contributed by atoms with E-state index in [9.17, 15) is 0 Å². The molecular formula is C14H27N5. The van der Waals surface area contributed by atoms with Crippen molar-refractivity contribution in [3.8, 4) is 0 Å². The van der Waals surface area contributed by atoms with Crippen LogP contribution in [0.15, 0.2) is 12.4 Å². The van der Waals surface area contributed by atoms with Crippen LogP contribution in [0.4, 0.5) is 0 Å². The van der Waals surface area contributed by atoms with Gasteiger partial charge >= 0.3 is 0 Å². The SMILES string of the molecule is CC(C)CN1CCN(CC(N)c2cnn(C)c2)CC1. The Morgan fingerprint density at radius 3 is 2.21 bits per heavy atom. The lowest BCUT2D eigenvalue weighted by atomic mass is 10.1. The van der Waals surface area contributed by atoms with Crippen LogP contribution in [0, 0.1) is 5.92 Å². The lowest BCUT2D eigenvalue weighted by Gasteiger charge is -2.36. The average Bonchev–Trinajstić information content (AvgIpc) is 2.78. The second-order valence-corrected chi connectivity index (χ2v) is 6.05. The van der Waals surface area contributed by atoms with Gasteiger partial charge in [0.2, 0.25) is 0 Å². The fourth-order valence-corrected chi connectivity index (χ4v) is 2.69. The number of piperazine rings is 1. The second-order valence-electron chi connectivity index (χ2n) is 6.05. The predicted octanol–water partition coefficient (Wildman–Crippen LogP) is 0.694. The first-order valence-corrected chi connectivity index (χ1v) is 7.23. The first-order valence-electron chi connectivity index (χ1n) is 7.23. The molecule has 1 unspecified atom stereocenters. The molecule has 1 aliphatic rings. The minimum absolute atomic E-state index is 0.0744. The molecular weight excluding hydrogens is 238 g/mol. The normalized spacial score (nSPS) is 20.1. The van der Waals surface area contributed by atoms with Gasteiger partial charge in [-0.05, 0) is 5.92 Å². The van der Waals surface area contributed by atoms with Crippen molar-refractivity contribution in [1.29, 1.82) is 0 Å². The van der Waals surface area contributed by atoms with Gasteiger partial charge in [-0.3, -0.25) is 9.58 Å². The average molecular weight is 265 g/mol. The highest BCUT2D eigenvalue weighted by atomic mass is 15.3. The van der Waals surface area contributed by atoms with Gasteiger partial charge in [-0.15, -0.1) is 0 Å². The van der Waals surface area contributed by atoms with Gasteiger partial charge in [-0.25, -0.2) is 0 Å². The lowest BCUT2D eigenvalue weighted by molar-refractivity contribution is 0.117. The Morgan fingerprint density at radius 2 is 1.74 bits per heavy atom. The summed E-state index contributed by atoms with van der Waals surface area (Å²) in [5, 5.41) is 4.19. The van der Waals surface area contributed by atoms with E-state index in [-0.39, 0.29) is 6.04 Å². The summed E-state index contributed by atoms with van der Waals surface area (Å²) in [6, 6.07) is 0.0744. The van der Waals surface area contributed by atoms with Crippen LogP contribution in [0.25, 0.3) is 0 Å². The smallest absolute Gasteiger partial charge is 0.0537 e. The van der Waals surface area contributed by atoms with E-state index >= 15 is 0 Å². The largest absolute Gasteiger partial charge is 0.323 e. The summed E-state index contributed by atoms with van der Waals surface area (Å²) in [7, 11) is 1.93. The molecule has 5 nitrogen and oxygen atoms in total. The zero-order valence-electron chi connectivity index (χ0n) is 12.4. The zero-order chi connectivity index (χ0) is 13.8. The van der Waals surface area contributed by atoms with Crippen molar-refractivity contribution < 1.29 is 0 Å². The van der Waals surface area contributed by atoms with Crippen molar-refractivity contribution in [1.82, 2.24) is 19.6 Å². The number of hydrogen-bond acceptors (Lipinski definition) is 4. The summed E-state index contributed by atoms with van der Waals surface area (Å²) in [4.78, 5) is 5.02. The summed E-state index contributed by atoms with van der Waals surface area (Å²) in [6.45, 7) is 11.3. The van der Waals surface area contributed by atoms with Gasteiger partial charge < -0.3 is 10.6 Å². The maximum atomic E-state index is 6.25. The van der Waals surface area contributed by atoms with Gasteiger partial charge in [0.25, 0.3) is 0 Å². The van der Waals surface area contributed by atoms with Crippen molar-refractivity contribution in [2.45, 2.75) is 19.9 Å². The molecule has 5 heteroatoms. The van der Waals surface area contributed by atoms with Crippen LogP contribution in [0.2, 0.25) is 0 Å². The maximum absolute atomic E-state index is 6.25. The number of hydrogen-bond donors (Lipinski definition) is 1. The highest BCUT2D eigenvalue weighted by Gasteiger charge is 2.20. The highest BCUT2D eigenvalue weighted by molar-refractivity contribution is 5.10. The Balaban J connectivity index is 1.76. The third kappa shape index (κ3) is 4.30. The Labute approximate surface area is 116 Å². The van der Waals surface area contributed by atoms with Crippen LogP contribution in [-0.4, -0.2) is 58.8 Å². The molecule has 0 amide bonds. The number of rotatable bonds is 5. The first-order chi connectivity index (χ1) is 9.04. The minimum atomic E-state index is 0.0744. The number of nitrogens with zero attached hydrogens (tertiary/aromatic N) is 4. The fourth-order valence-electron chi connectivity index (χ4n) is 2.69. The zero-order valence-corrected chi connectivity index (χ0v) is 12.4. The standard InChI is InChI=1S/C14H27N5/c1-12(2)9-18-4-6-19(7-5-18)11-14(15)13-8-16-17(3)10-13/h8,10,12,14H,4-7,9,11,15H2,1-3H3. The van der Waals surface area contributed by atoms with Crippen molar-refractivity contribution >= 4 is 0 Å². The molecule has 0 radical (unpaired) electrons. The molecule has 1 fully saturated rings.